The molecular formula is C15H18N2OS. The van der Waals surface area contributed by atoms with Gasteiger partial charge in [-0.25, -0.2) is 4.98 Å². The van der Waals surface area contributed by atoms with Crippen LogP contribution >= 0.6 is 11.3 Å². The third kappa shape index (κ3) is 2.26. The second kappa shape index (κ2) is 4.94. The topological polar surface area (TPSA) is 48.1 Å². The molecule has 0 atom stereocenters. The van der Waals surface area contributed by atoms with Gasteiger partial charge in [-0.15, -0.1) is 11.3 Å². The molecule has 0 spiro atoms. The normalized spacial score (nSPS) is 13.7. The van der Waals surface area contributed by atoms with Crippen LogP contribution in [-0.2, 0) is 13.0 Å². The van der Waals surface area contributed by atoms with Gasteiger partial charge in [-0.05, 0) is 23.6 Å². The number of nitrogens with zero attached hydrogens (tertiary/aromatic N) is 1. The number of hydrogen-bond acceptors (Lipinski definition) is 4. The first-order valence-electron chi connectivity index (χ1n) is 6.65. The van der Waals surface area contributed by atoms with Gasteiger partial charge < -0.3 is 10.5 Å². The average molecular weight is 274 g/mol. The predicted molar refractivity (Wildman–Crippen MR) is 78.7 cm³/mol. The summed E-state index contributed by atoms with van der Waals surface area (Å²) in [5.41, 5.74) is 9.22. The molecule has 0 bridgehead atoms. The number of hydrogen-bond donors (Lipinski definition) is 1. The lowest BCUT2D eigenvalue weighted by molar-refractivity contribution is 0.327. The van der Waals surface area contributed by atoms with Crippen molar-refractivity contribution in [2.45, 2.75) is 32.7 Å². The number of fused-ring (bicyclic) bond motifs is 3. The second-order valence-electron chi connectivity index (χ2n) is 5.09. The van der Waals surface area contributed by atoms with Crippen LogP contribution in [0.15, 0.2) is 18.2 Å². The van der Waals surface area contributed by atoms with Gasteiger partial charge in [0.05, 0.1) is 12.3 Å². The van der Waals surface area contributed by atoms with Crippen molar-refractivity contribution in [1.29, 1.82) is 0 Å². The van der Waals surface area contributed by atoms with Gasteiger partial charge in [0.2, 0.25) is 0 Å². The highest BCUT2D eigenvalue weighted by Gasteiger charge is 2.20. The van der Waals surface area contributed by atoms with E-state index in [1.807, 2.05) is 0 Å². The van der Waals surface area contributed by atoms with Crippen LogP contribution in [0.5, 0.6) is 5.75 Å². The molecule has 0 saturated carbocycles. The predicted octanol–water partition coefficient (Wildman–Crippen LogP) is 3.33. The Morgan fingerprint density at radius 3 is 3.00 bits per heavy atom. The summed E-state index contributed by atoms with van der Waals surface area (Å²) in [5, 5.41) is 1.01. The summed E-state index contributed by atoms with van der Waals surface area (Å²) in [4.78, 5) is 5.98. The molecular weight excluding hydrogens is 256 g/mol. The molecule has 1 aromatic heterocycles. The summed E-state index contributed by atoms with van der Waals surface area (Å²) in [6.45, 7) is 5.63. The number of rotatable bonds is 2. The van der Waals surface area contributed by atoms with Crippen molar-refractivity contribution in [3.05, 3.63) is 33.6 Å². The van der Waals surface area contributed by atoms with E-state index in [2.05, 4.69) is 37.0 Å². The molecule has 2 N–H and O–H groups in total. The van der Waals surface area contributed by atoms with E-state index < -0.39 is 0 Å². The van der Waals surface area contributed by atoms with E-state index in [1.165, 1.54) is 10.4 Å². The Morgan fingerprint density at radius 1 is 1.42 bits per heavy atom. The zero-order valence-corrected chi connectivity index (χ0v) is 12.1. The summed E-state index contributed by atoms with van der Waals surface area (Å²) >= 11 is 1.71. The zero-order valence-electron chi connectivity index (χ0n) is 11.3. The van der Waals surface area contributed by atoms with Gasteiger partial charge in [0, 0.05) is 23.4 Å². The zero-order chi connectivity index (χ0) is 13.4. The molecule has 0 amide bonds. The Balaban J connectivity index is 2.17. The van der Waals surface area contributed by atoms with Crippen LogP contribution in [0.25, 0.3) is 11.3 Å². The van der Waals surface area contributed by atoms with Crippen molar-refractivity contribution >= 4 is 11.3 Å². The van der Waals surface area contributed by atoms with Gasteiger partial charge in [0.25, 0.3) is 0 Å². The number of ether oxygens (including phenoxy) is 1. The Morgan fingerprint density at radius 2 is 2.26 bits per heavy atom. The van der Waals surface area contributed by atoms with Crippen LogP contribution in [0.3, 0.4) is 0 Å². The lowest BCUT2D eigenvalue weighted by Gasteiger charge is -2.11. The van der Waals surface area contributed by atoms with Crippen molar-refractivity contribution in [3.63, 3.8) is 0 Å². The molecule has 0 radical (unpaired) electrons. The average Bonchev–Trinajstić information content (AvgIpc) is 2.75. The Labute approximate surface area is 117 Å². The minimum atomic E-state index is 0.504. The summed E-state index contributed by atoms with van der Waals surface area (Å²) < 4.78 is 5.83. The summed E-state index contributed by atoms with van der Waals surface area (Å²) in [7, 11) is 0. The highest BCUT2D eigenvalue weighted by atomic mass is 32.1. The molecule has 3 nitrogen and oxygen atoms in total. The first kappa shape index (κ1) is 12.6. The molecule has 1 aliphatic heterocycles. The molecule has 1 aliphatic rings. The molecule has 3 rings (SSSR count). The van der Waals surface area contributed by atoms with Crippen LogP contribution in [-0.4, -0.2) is 11.6 Å². The first-order chi connectivity index (χ1) is 9.19. The molecule has 0 fully saturated rings. The first-order valence-corrected chi connectivity index (χ1v) is 7.46. The second-order valence-corrected chi connectivity index (χ2v) is 6.26. The quantitative estimate of drug-likeness (QED) is 0.913. The van der Waals surface area contributed by atoms with Gasteiger partial charge in [0.1, 0.15) is 10.8 Å². The lowest BCUT2D eigenvalue weighted by Crippen LogP contribution is -1.99. The number of aromatic nitrogens is 1. The smallest absolute Gasteiger partial charge is 0.128 e. The van der Waals surface area contributed by atoms with Gasteiger partial charge in [0.15, 0.2) is 0 Å². The SMILES string of the molecule is CC(C)c1ccc2c(c1)-c1nc(CN)sc1CCO2. The fourth-order valence-electron chi connectivity index (χ4n) is 2.34. The molecule has 4 heteroatoms. The van der Waals surface area contributed by atoms with Crippen LogP contribution in [0, 0.1) is 0 Å². The van der Waals surface area contributed by atoms with Gasteiger partial charge in [-0.1, -0.05) is 19.9 Å². The van der Waals surface area contributed by atoms with E-state index in [0.717, 1.165) is 28.4 Å². The summed E-state index contributed by atoms with van der Waals surface area (Å²) in [6, 6.07) is 6.43. The maximum absolute atomic E-state index is 5.83. The molecule has 2 heterocycles. The highest BCUT2D eigenvalue weighted by Crippen LogP contribution is 2.38. The molecule has 0 unspecified atom stereocenters. The van der Waals surface area contributed by atoms with E-state index in [9.17, 15) is 0 Å². The standard InChI is InChI=1S/C15H18N2OS/c1-9(2)10-3-4-12-11(7-10)15-13(5-6-18-12)19-14(8-16)17-15/h3-4,7,9H,5-6,8,16H2,1-2H3. The molecule has 100 valence electrons. The Hall–Kier alpha value is -1.39. The maximum Gasteiger partial charge on any atom is 0.128 e. The number of benzene rings is 1. The van der Waals surface area contributed by atoms with Crippen molar-refractivity contribution < 1.29 is 4.74 Å². The Bertz CT molecular complexity index is 604. The van der Waals surface area contributed by atoms with E-state index in [1.54, 1.807) is 11.3 Å². The molecule has 0 saturated heterocycles. The fraction of sp³-hybridized carbons (Fsp3) is 0.400. The largest absolute Gasteiger partial charge is 0.493 e. The Kier molecular flexibility index (Phi) is 3.29. The van der Waals surface area contributed by atoms with E-state index >= 15 is 0 Å². The van der Waals surface area contributed by atoms with E-state index in [-0.39, 0.29) is 0 Å². The van der Waals surface area contributed by atoms with Gasteiger partial charge >= 0.3 is 0 Å². The van der Waals surface area contributed by atoms with Gasteiger partial charge in [-0.3, -0.25) is 0 Å². The van der Waals surface area contributed by atoms with Crippen LogP contribution in [0.2, 0.25) is 0 Å². The summed E-state index contributed by atoms with van der Waals surface area (Å²) in [6.07, 6.45) is 0.915. The molecule has 2 aromatic rings. The van der Waals surface area contributed by atoms with Crippen molar-refractivity contribution in [2.75, 3.05) is 6.61 Å². The summed E-state index contributed by atoms with van der Waals surface area (Å²) in [5.74, 6) is 1.45. The fourth-order valence-corrected chi connectivity index (χ4v) is 3.28. The third-order valence-corrected chi connectivity index (χ3v) is 4.57. The number of thiazole rings is 1. The molecule has 0 aliphatic carbocycles. The maximum atomic E-state index is 5.83. The minimum absolute atomic E-state index is 0.504. The van der Waals surface area contributed by atoms with Crippen LogP contribution in [0.1, 0.15) is 35.2 Å². The van der Waals surface area contributed by atoms with Crippen molar-refractivity contribution in [2.24, 2.45) is 5.73 Å². The lowest BCUT2D eigenvalue weighted by atomic mass is 9.98. The monoisotopic (exact) mass is 274 g/mol. The minimum Gasteiger partial charge on any atom is -0.493 e. The van der Waals surface area contributed by atoms with E-state index in [0.29, 0.717) is 19.1 Å². The molecule has 19 heavy (non-hydrogen) atoms. The van der Waals surface area contributed by atoms with Crippen LogP contribution in [0.4, 0.5) is 0 Å². The van der Waals surface area contributed by atoms with Crippen molar-refractivity contribution in [1.82, 2.24) is 4.98 Å². The van der Waals surface area contributed by atoms with Gasteiger partial charge in [-0.2, -0.15) is 0 Å². The highest BCUT2D eigenvalue weighted by molar-refractivity contribution is 7.12. The van der Waals surface area contributed by atoms with E-state index in [4.69, 9.17) is 10.5 Å². The third-order valence-electron chi connectivity index (χ3n) is 3.43. The number of nitrogens with two attached hydrogens (primary N) is 1. The van der Waals surface area contributed by atoms with Crippen LogP contribution < -0.4 is 10.5 Å². The molecule has 1 aromatic carbocycles. The van der Waals surface area contributed by atoms with Crippen molar-refractivity contribution in [3.8, 4) is 17.0 Å².